The first-order valence-electron chi connectivity index (χ1n) is 6.10. The van der Waals surface area contributed by atoms with Gasteiger partial charge >= 0.3 is 6.09 Å². The highest BCUT2D eigenvalue weighted by Crippen LogP contribution is 2.36. The van der Waals surface area contributed by atoms with Crippen molar-refractivity contribution in [1.82, 2.24) is 0 Å². The van der Waals surface area contributed by atoms with Crippen LogP contribution in [0.4, 0.5) is 16.2 Å². The summed E-state index contributed by atoms with van der Waals surface area (Å²) < 4.78 is 5.42. The highest BCUT2D eigenvalue weighted by atomic mass is 16.6. The van der Waals surface area contributed by atoms with Crippen molar-refractivity contribution in [3.63, 3.8) is 0 Å². The number of carbonyl (C=O) groups is 1. The molecule has 1 amide bonds. The molecule has 2 rings (SSSR count). The second kappa shape index (κ2) is 4.19. The Hall–Kier alpha value is -1.71. The molecule has 18 heavy (non-hydrogen) atoms. The number of hydrogen-bond donors (Lipinski definition) is 0. The molecule has 1 aromatic rings. The van der Waals surface area contributed by atoms with Gasteiger partial charge in [-0.2, -0.15) is 0 Å². The van der Waals surface area contributed by atoms with Crippen LogP contribution >= 0.6 is 0 Å². The summed E-state index contributed by atoms with van der Waals surface area (Å²) in [5.74, 6) is 0. The summed E-state index contributed by atoms with van der Waals surface area (Å²) in [5, 5.41) is 0. The van der Waals surface area contributed by atoms with Gasteiger partial charge in [-0.15, -0.1) is 0 Å². The highest BCUT2D eigenvalue weighted by Gasteiger charge is 2.31. The first-order chi connectivity index (χ1) is 8.28. The summed E-state index contributed by atoms with van der Waals surface area (Å²) in [4.78, 5) is 15.8. The van der Waals surface area contributed by atoms with Crippen LogP contribution in [0.15, 0.2) is 18.2 Å². The number of ether oxygens (including phenoxy) is 1. The Morgan fingerprint density at radius 2 is 1.94 bits per heavy atom. The first kappa shape index (κ1) is 12.7. The molecular weight excluding hydrogens is 228 g/mol. The van der Waals surface area contributed by atoms with Crippen LogP contribution in [0.1, 0.15) is 26.3 Å². The summed E-state index contributed by atoms with van der Waals surface area (Å²) in [6.45, 7) is 8.21. The number of anilines is 2. The monoisotopic (exact) mass is 248 g/mol. The van der Waals surface area contributed by atoms with Gasteiger partial charge in [0.05, 0.1) is 11.4 Å². The Kier molecular flexibility index (Phi) is 2.97. The van der Waals surface area contributed by atoms with Crippen molar-refractivity contribution in [3.05, 3.63) is 23.8 Å². The molecule has 0 N–H and O–H groups in total. The summed E-state index contributed by atoms with van der Waals surface area (Å²) in [6.07, 6.45) is -0.294. The fourth-order valence-electron chi connectivity index (χ4n) is 2.01. The average molecular weight is 248 g/mol. The predicted octanol–water partition coefficient (Wildman–Crippen LogP) is 3.14. The molecule has 0 spiro atoms. The lowest BCUT2D eigenvalue weighted by Crippen LogP contribution is -2.38. The van der Waals surface area contributed by atoms with E-state index in [9.17, 15) is 4.79 Å². The van der Waals surface area contributed by atoms with Crippen molar-refractivity contribution >= 4 is 17.5 Å². The maximum Gasteiger partial charge on any atom is 0.416 e. The van der Waals surface area contributed by atoms with Gasteiger partial charge < -0.3 is 9.64 Å². The topological polar surface area (TPSA) is 32.8 Å². The van der Waals surface area contributed by atoms with Gasteiger partial charge in [-0.25, -0.2) is 4.79 Å². The van der Waals surface area contributed by atoms with Gasteiger partial charge in [0.25, 0.3) is 0 Å². The minimum Gasteiger partial charge on any atom is -0.443 e. The minimum atomic E-state index is -0.469. The number of fused-ring (bicyclic) bond motifs is 1. The third-order valence-corrected chi connectivity index (χ3v) is 2.80. The van der Waals surface area contributed by atoms with Gasteiger partial charge in [-0.1, -0.05) is 6.07 Å². The van der Waals surface area contributed by atoms with Crippen LogP contribution in [0.5, 0.6) is 0 Å². The summed E-state index contributed by atoms with van der Waals surface area (Å²) in [6, 6.07) is 6.06. The Morgan fingerprint density at radius 3 is 2.56 bits per heavy atom. The predicted molar refractivity (Wildman–Crippen MR) is 73.2 cm³/mol. The lowest BCUT2D eigenvalue weighted by atomic mass is 10.2. The highest BCUT2D eigenvalue weighted by molar-refractivity contribution is 5.96. The molecule has 1 heterocycles. The molecule has 4 heteroatoms. The van der Waals surface area contributed by atoms with Crippen molar-refractivity contribution in [1.29, 1.82) is 0 Å². The van der Waals surface area contributed by atoms with Gasteiger partial charge in [0.15, 0.2) is 0 Å². The average Bonchev–Trinajstić information content (AvgIpc) is 2.54. The minimum absolute atomic E-state index is 0.294. The Balaban J connectivity index is 2.27. The van der Waals surface area contributed by atoms with Crippen LogP contribution in [0.25, 0.3) is 0 Å². The van der Waals surface area contributed by atoms with E-state index < -0.39 is 5.60 Å². The molecule has 0 atom stereocenters. The van der Waals surface area contributed by atoms with Gasteiger partial charge in [0.2, 0.25) is 0 Å². The number of carbonyl (C=O) groups excluding carboxylic acids is 1. The van der Waals surface area contributed by atoms with Crippen LogP contribution < -0.4 is 9.80 Å². The Bertz CT molecular complexity index is 477. The Labute approximate surface area is 108 Å². The summed E-state index contributed by atoms with van der Waals surface area (Å²) in [5.41, 5.74) is 2.70. The van der Waals surface area contributed by atoms with E-state index in [1.807, 2.05) is 51.8 Å². The van der Waals surface area contributed by atoms with E-state index in [-0.39, 0.29) is 6.09 Å². The van der Waals surface area contributed by atoms with E-state index in [1.165, 1.54) is 5.56 Å². The van der Waals surface area contributed by atoms with E-state index in [1.54, 1.807) is 4.90 Å². The fraction of sp³-hybridized carbons (Fsp3) is 0.500. The molecular formula is C14H20N2O2. The zero-order valence-electron chi connectivity index (χ0n) is 11.7. The van der Waals surface area contributed by atoms with E-state index in [0.717, 1.165) is 11.4 Å². The van der Waals surface area contributed by atoms with Gasteiger partial charge in [0, 0.05) is 7.05 Å². The lowest BCUT2D eigenvalue weighted by molar-refractivity contribution is 0.0583. The van der Waals surface area contributed by atoms with Crippen molar-refractivity contribution in [3.8, 4) is 0 Å². The van der Waals surface area contributed by atoms with Crippen LogP contribution in [0, 0.1) is 6.92 Å². The second-order valence-electron chi connectivity index (χ2n) is 5.74. The standard InChI is InChI=1S/C14H20N2O2/c1-10-6-7-11-12(8-10)15(5)9-16(11)13(17)18-14(2,3)4/h6-8H,9H2,1-5H3. The molecule has 0 aromatic heterocycles. The van der Waals surface area contributed by atoms with E-state index in [0.29, 0.717) is 6.67 Å². The molecule has 1 aromatic carbocycles. The quantitative estimate of drug-likeness (QED) is 0.707. The van der Waals surface area contributed by atoms with Crippen molar-refractivity contribution < 1.29 is 9.53 Å². The molecule has 98 valence electrons. The number of aryl methyl sites for hydroxylation is 1. The molecule has 0 unspecified atom stereocenters. The molecule has 0 aliphatic carbocycles. The number of benzene rings is 1. The molecule has 0 fully saturated rings. The number of hydrogen-bond acceptors (Lipinski definition) is 3. The number of amides is 1. The summed E-state index contributed by atoms with van der Waals surface area (Å²) >= 11 is 0. The summed E-state index contributed by atoms with van der Waals surface area (Å²) in [7, 11) is 1.97. The molecule has 0 radical (unpaired) electrons. The molecule has 0 saturated carbocycles. The maximum atomic E-state index is 12.1. The smallest absolute Gasteiger partial charge is 0.416 e. The van der Waals surface area contributed by atoms with E-state index in [4.69, 9.17) is 4.74 Å². The second-order valence-corrected chi connectivity index (χ2v) is 5.74. The molecule has 1 aliphatic rings. The molecule has 1 aliphatic heterocycles. The third kappa shape index (κ3) is 2.42. The van der Waals surface area contributed by atoms with Gasteiger partial charge in [-0.3, -0.25) is 4.90 Å². The van der Waals surface area contributed by atoms with E-state index >= 15 is 0 Å². The van der Waals surface area contributed by atoms with Crippen molar-refractivity contribution in [2.75, 3.05) is 23.5 Å². The van der Waals surface area contributed by atoms with Gasteiger partial charge in [-0.05, 0) is 45.4 Å². The fourth-order valence-corrected chi connectivity index (χ4v) is 2.01. The number of nitrogens with zero attached hydrogens (tertiary/aromatic N) is 2. The zero-order valence-corrected chi connectivity index (χ0v) is 11.7. The number of rotatable bonds is 0. The lowest BCUT2D eigenvalue weighted by Gasteiger charge is -2.24. The maximum absolute atomic E-state index is 12.1. The molecule has 0 saturated heterocycles. The SMILES string of the molecule is Cc1ccc2c(c1)N(C)CN2C(=O)OC(C)(C)C. The molecule has 4 nitrogen and oxygen atoms in total. The normalized spacial score (nSPS) is 14.7. The van der Waals surface area contributed by atoms with Crippen LogP contribution in [-0.4, -0.2) is 25.4 Å². The van der Waals surface area contributed by atoms with E-state index in [2.05, 4.69) is 6.07 Å². The first-order valence-corrected chi connectivity index (χ1v) is 6.10. The van der Waals surface area contributed by atoms with Crippen molar-refractivity contribution in [2.45, 2.75) is 33.3 Å². The van der Waals surface area contributed by atoms with Crippen molar-refractivity contribution in [2.24, 2.45) is 0 Å². The largest absolute Gasteiger partial charge is 0.443 e. The van der Waals surface area contributed by atoms with Crippen LogP contribution in [0.3, 0.4) is 0 Å². The zero-order chi connectivity index (χ0) is 13.5. The molecule has 0 bridgehead atoms. The third-order valence-electron chi connectivity index (χ3n) is 2.80. The van der Waals surface area contributed by atoms with Crippen LogP contribution in [0.2, 0.25) is 0 Å². The van der Waals surface area contributed by atoms with Crippen LogP contribution in [-0.2, 0) is 4.74 Å². The Morgan fingerprint density at radius 1 is 1.28 bits per heavy atom. The van der Waals surface area contributed by atoms with Gasteiger partial charge in [0.1, 0.15) is 12.3 Å².